The Labute approximate surface area is 127 Å². The highest BCUT2D eigenvalue weighted by molar-refractivity contribution is 7.99. The van der Waals surface area contributed by atoms with Crippen molar-refractivity contribution in [1.82, 2.24) is 20.5 Å². The van der Waals surface area contributed by atoms with Crippen molar-refractivity contribution in [3.63, 3.8) is 0 Å². The van der Waals surface area contributed by atoms with Gasteiger partial charge in [-0.05, 0) is 24.5 Å². The maximum atomic E-state index is 11.6. The van der Waals surface area contributed by atoms with Crippen LogP contribution in [0, 0.1) is 5.92 Å². The monoisotopic (exact) mass is 306 g/mol. The van der Waals surface area contributed by atoms with Gasteiger partial charge in [-0.2, -0.15) is 0 Å². The van der Waals surface area contributed by atoms with Crippen molar-refractivity contribution in [3.05, 3.63) is 24.5 Å². The van der Waals surface area contributed by atoms with Crippen LogP contribution in [0.25, 0.3) is 11.5 Å². The van der Waals surface area contributed by atoms with Gasteiger partial charge >= 0.3 is 0 Å². The zero-order valence-corrected chi connectivity index (χ0v) is 12.9. The van der Waals surface area contributed by atoms with E-state index in [-0.39, 0.29) is 11.7 Å². The van der Waals surface area contributed by atoms with Crippen LogP contribution < -0.4 is 5.32 Å². The second-order valence-corrected chi connectivity index (χ2v) is 5.86. The number of amides is 1. The van der Waals surface area contributed by atoms with Gasteiger partial charge in [0.25, 0.3) is 5.22 Å². The summed E-state index contributed by atoms with van der Waals surface area (Å²) in [5.74, 6) is 1.23. The Balaban J connectivity index is 1.79. The van der Waals surface area contributed by atoms with E-state index in [0.29, 0.717) is 23.6 Å². The SMILES string of the molecule is CC(C)CCNC(=O)CSc1nnc(-c2cccnc2)o1. The minimum absolute atomic E-state index is 0.0261. The number of hydrogen-bond acceptors (Lipinski definition) is 6. The van der Waals surface area contributed by atoms with Crippen molar-refractivity contribution in [2.24, 2.45) is 5.92 Å². The number of carbonyl (C=O) groups excluding carboxylic acids is 1. The molecular weight excluding hydrogens is 288 g/mol. The van der Waals surface area contributed by atoms with Gasteiger partial charge in [-0.1, -0.05) is 25.6 Å². The van der Waals surface area contributed by atoms with Gasteiger partial charge in [-0.3, -0.25) is 9.78 Å². The Morgan fingerprint density at radius 2 is 2.29 bits per heavy atom. The Morgan fingerprint density at radius 3 is 3.00 bits per heavy atom. The minimum Gasteiger partial charge on any atom is -0.411 e. The van der Waals surface area contributed by atoms with Crippen LogP contribution in [0.2, 0.25) is 0 Å². The van der Waals surface area contributed by atoms with Crippen molar-refractivity contribution in [2.75, 3.05) is 12.3 Å². The second kappa shape index (κ2) is 7.78. The lowest BCUT2D eigenvalue weighted by molar-refractivity contribution is -0.118. The van der Waals surface area contributed by atoms with Gasteiger partial charge < -0.3 is 9.73 Å². The summed E-state index contributed by atoms with van der Waals surface area (Å²) in [7, 11) is 0. The van der Waals surface area contributed by atoms with Gasteiger partial charge in [0, 0.05) is 18.9 Å². The summed E-state index contributed by atoms with van der Waals surface area (Å²) in [6.07, 6.45) is 4.31. The molecule has 0 fully saturated rings. The van der Waals surface area contributed by atoms with Crippen molar-refractivity contribution in [3.8, 4) is 11.5 Å². The molecular formula is C14H18N4O2S. The van der Waals surface area contributed by atoms with Crippen LogP contribution in [0.1, 0.15) is 20.3 Å². The first-order chi connectivity index (χ1) is 10.1. The summed E-state index contributed by atoms with van der Waals surface area (Å²) in [5, 5.41) is 11.1. The van der Waals surface area contributed by atoms with Crippen LogP contribution in [-0.4, -0.2) is 33.4 Å². The molecule has 0 unspecified atom stereocenters. The number of thioether (sulfide) groups is 1. The third-order valence-corrected chi connectivity index (χ3v) is 3.50. The van der Waals surface area contributed by atoms with Gasteiger partial charge in [0.15, 0.2) is 0 Å². The number of aromatic nitrogens is 3. The van der Waals surface area contributed by atoms with Crippen LogP contribution >= 0.6 is 11.8 Å². The van der Waals surface area contributed by atoms with Gasteiger partial charge in [0.2, 0.25) is 11.8 Å². The average Bonchev–Trinajstić information content (AvgIpc) is 2.94. The minimum atomic E-state index is -0.0261. The van der Waals surface area contributed by atoms with Crippen LogP contribution in [0.15, 0.2) is 34.2 Å². The molecule has 0 saturated carbocycles. The summed E-state index contributed by atoms with van der Waals surface area (Å²) < 4.78 is 5.48. The first-order valence-corrected chi connectivity index (χ1v) is 7.77. The van der Waals surface area contributed by atoms with Crippen LogP contribution in [-0.2, 0) is 4.79 Å². The zero-order valence-electron chi connectivity index (χ0n) is 12.1. The number of nitrogens with zero attached hydrogens (tertiary/aromatic N) is 3. The molecule has 2 aromatic heterocycles. The van der Waals surface area contributed by atoms with E-state index in [1.54, 1.807) is 18.5 Å². The van der Waals surface area contributed by atoms with E-state index in [1.165, 1.54) is 11.8 Å². The third kappa shape index (κ3) is 5.18. The molecule has 0 atom stereocenters. The number of pyridine rings is 1. The van der Waals surface area contributed by atoms with Crippen LogP contribution in [0.3, 0.4) is 0 Å². The standard InChI is InChI=1S/C14H18N4O2S/c1-10(2)5-7-16-12(19)9-21-14-18-17-13(20-14)11-4-3-6-15-8-11/h3-4,6,8,10H,5,7,9H2,1-2H3,(H,16,19). The normalized spacial score (nSPS) is 10.8. The first-order valence-electron chi connectivity index (χ1n) is 6.78. The topological polar surface area (TPSA) is 80.9 Å². The summed E-state index contributed by atoms with van der Waals surface area (Å²) in [6.45, 7) is 4.94. The van der Waals surface area contributed by atoms with Crippen molar-refractivity contribution in [2.45, 2.75) is 25.5 Å². The number of hydrogen-bond donors (Lipinski definition) is 1. The van der Waals surface area contributed by atoms with Crippen LogP contribution in [0.5, 0.6) is 0 Å². The summed E-state index contributed by atoms with van der Waals surface area (Å²) in [5.41, 5.74) is 0.762. The van der Waals surface area contributed by atoms with Crippen molar-refractivity contribution < 1.29 is 9.21 Å². The highest BCUT2D eigenvalue weighted by atomic mass is 32.2. The van der Waals surface area contributed by atoms with E-state index in [2.05, 4.69) is 34.3 Å². The molecule has 0 radical (unpaired) electrons. The van der Waals surface area contributed by atoms with Gasteiger partial charge in [0.05, 0.1) is 11.3 Å². The molecule has 0 spiro atoms. The Morgan fingerprint density at radius 1 is 1.43 bits per heavy atom. The predicted molar refractivity (Wildman–Crippen MR) is 80.7 cm³/mol. The Bertz CT molecular complexity index is 571. The molecule has 1 amide bonds. The van der Waals surface area contributed by atoms with Crippen LogP contribution in [0.4, 0.5) is 0 Å². The van der Waals surface area contributed by atoms with E-state index < -0.39 is 0 Å². The Kier molecular flexibility index (Phi) is 5.74. The summed E-state index contributed by atoms with van der Waals surface area (Å²) in [6, 6.07) is 3.64. The fourth-order valence-electron chi connectivity index (χ4n) is 1.55. The molecule has 6 nitrogen and oxygen atoms in total. The maximum absolute atomic E-state index is 11.6. The number of carbonyl (C=O) groups is 1. The third-order valence-electron chi connectivity index (χ3n) is 2.69. The molecule has 0 saturated heterocycles. The lowest BCUT2D eigenvalue weighted by Gasteiger charge is -2.05. The molecule has 7 heteroatoms. The number of nitrogens with one attached hydrogen (secondary N) is 1. The fourth-order valence-corrected chi connectivity index (χ4v) is 2.15. The van der Waals surface area contributed by atoms with Crippen molar-refractivity contribution in [1.29, 1.82) is 0 Å². The predicted octanol–water partition coefficient (Wildman–Crippen LogP) is 2.39. The molecule has 2 heterocycles. The molecule has 0 aliphatic rings. The summed E-state index contributed by atoms with van der Waals surface area (Å²) in [4.78, 5) is 15.6. The highest BCUT2D eigenvalue weighted by Crippen LogP contribution is 2.22. The zero-order chi connectivity index (χ0) is 15.1. The molecule has 21 heavy (non-hydrogen) atoms. The molecule has 2 aromatic rings. The average molecular weight is 306 g/mol. The molecule has 0 bridgehead atoms. The molecule has 112 valence electrons. The first kappa shape index (κ1) is 15.5. The molecule has 2 rings (SSSR count). The van der Waals surface area contributed by atoms with Gasteiger partial charge in [-0.15, -0.1) is 10.2 Å². The highest BCUT2D eigenvalue weighted by Gasteiger charge is 2.11. The smallest absolute Gasteiger partial charge is 0.277 e. The van der Waals surface area contributed by atoms with Crippen molar-refractivity contribution >= 4 is 17.7 Å². The maximum Gasteiger partial charge on any atom is 0.277 e. The number of rotatable bonds is 7. The van der Waals surface area contributed by atoms with E-state index >= 15 is 0 Å². The van der Waals surface area contributed by atoms with E-state index in [0.717, 1.165) is 12.0 Å². The molecule has 0 aliphatic carbocycles. The largest absolute Gasteiger partial charge is 0.411 e. The Hall–Kier alpha value is -1.89. The second-order valence-electron chi connectivity index (χ2n) is 4.94. The van der Waals surface area contributed by atoms with E-state index in [1.807, 2.05) is 6.07 Å². The van der Waals surface area contributed by atoms with E-state index in [9.17, 15) is 4.79 Å². The van der Waals surface area contributed by atoms with Gasteiger partial charge in [-0.25, -0.2) is 0 Å². The van der Waals surface area contributed by atoms with Gasteiger partial charge in [0.1, 0.15) is 0 Å². The quantitative estimate of drug-likeness (QED) is 0.791. The molecule has 0 aliphatic heterocycles. The lowest BCUT2D eigenvalue weighted by Crippen LogP contribution is -2.26. The summed E-state index contributed by atoms with van der Waals surface area (Å²) >= 11 is 1.23. The fraction of sp³-hybridized carbons (Fsp3) is 0.429. The molecule has 1 N–H and O–H groups in total. The lowest BCUT2D eigenvalue weighted by atomic mass is 10.1. The van der Waals surface area contributed by atoms with E-state index in [4.69, 9.17) is 4.42 Å². The molecule has 0 aromatic carbocycles.